The van der Waals surface area contributed by atoms with Gasteiger partial charge in [0.25, 0.3) is 0 Å². The molecule has 0 radical (unpaired) electrons. The van der Waals surface area contributed by atoms with E-state index in [1.54, 1.807) is 0 Å². The van der Waals surface area contributed by atoms with Gasteiger partial charge in [0, 0.05) is 5.75 Å². The van der Waals surface area contributed by atoms with Crippen LogP contribution in [-0.2, 0) is 14.4 Å². The zero-order chi connectivity index (χ0) is 10.7. The molecule has 0 bridgehead atoms. The van der Waals surface area contributed by atoms with Crippen molar-refractivity contribution in [3.8, 4) is 0 Å². The molecule has 1 N–H and O–H groups in total. The van der Waals surface area contributed by atoms with E-state index in [1.807, 2.05) is 0 Å². The summed E-state index contributed by atoms with van der Waals surface area (Å²) in [5.74, 6) is -0.491. The van der Waals surface area contributed by atoms with Crippen LogP contribution in [0.15, 0.2) is 0 Å². The molecule has 0 saturated carbocycles. The molecule has 0 aromatic carbocycles. The van der Waals surface area contributed by atoms with E-state index in [4.69, 9.17) is 0 Å². The van der Waals surface area contributed by atoms with Gasteiger partial charge in [-0.2, -0.15) is 0 Å². The lowest BCUT2D eigenvalue weighted by molar-refractivity contribution is -0.131. The standard InChI is InChI=1S/C8H11NO3S2/c1-4(7(11)13)6(10)9-5-2-3-14-8(5)12/h4-5H,2-3H2,1H3,(H,9,10)(H,11,13). The summed E-state index contributed by atoms with van der Waals surface area (Å²) in [7, 11) is 0. The van der Waals surface area contributed by atoms with Gasteiger partial charge < -0.3 is 5.32 Å². The van der Waals surface area contributed by atoms with Gasteiger partial charge in [-0.3, -0.25) is 14.4 Å². The number of carbonyl (C=O) groups is 3. The van der Waals surface area contributed by atoms with Crippen LogP contribution < -0.4 is 5.32 Å². The zero-order valence-corrected chi connectivity index (χ0v) is 9.36. The first-order valence-corrected chi connectivity index (χ1v) is 5.65. The smallest absolute Gasteiger partial charge is 0.231 e. The van der Waals surface area contributed by atoms with Crippen LogP contribution in [0.1, 0.15) is 13.3 Å². The molecule has 1 rings (SSSR count). The number of nitrogens with one attached hydrogen (secondary N) is 1. The van der Waals surface area contributed by atoms with E-state index in [0.29, 0.717) is 6.42 Å². The molecule has 0 spiro atoms. The summed E-state index contributed by atoms with van der Waals surface area (Å²) >= 11 is 4.77. The number of thioether (sulfide) groups is 1. The topological polar surface area (TPSA) is 63.2 Å². The van der Waals surface area contributed by atoms with Crippen LogP contribution in [0.4, 0.5) is 0 Å². The fraction of sp³-hybridized carbons (Fsp3) is 0.625. The number of hydrogen-bond acceptors (Lipinski definition) is 4. The van der Waals surface area contributed by atoms with Crippen molar-refractivity contribution in [3.05, 3.63) is 0 Å². The maximum absolute atomic E-state index is 11.3. The fourth-order valence-electron chi connectivity index (χ4n) is 1.04. The Bertz CT molecular complexity index is 280. The third-order valence-corrected chi connectivity index (χ3v) is 3.41. The molecule has 4 nitrogen and oxygen atoms in total. The Hall–Kier alpha value is -0.490. The van der Waals surface area contributed by atoms with Crippen molar-refractivity contribution >= 4 is 40.5 Å². The lowest BCUT2D eigenvalue weighted by Crippen LogP contribution is -2.41. The highest BCUT2D eigenvalue weighted by Crippen LogP contribution is 2.19. The molecular weight excluding hydrogens is 222 g/mol. The molecular formula is C8H11NO3S2. The second kappa shape index (κ2) is 4.84. The Morgan fingerprint density at radius 1 is 1.64 bits per heavy atom. The highest BCUT2D eigenvalue weighted by molar-refractivity contribution is 8.14. The van der Waals surface area contributed by atoms with Crippen molar-refractivity contribution in [2.24, 2.45) is 5.92 Å². The minimum atomic E-state index is -0.795. The molecule has 1 amide bonds. The van der Waals surface area contributed by atoms with Gasteiger partial charge >= 0.3 is 0 Å². The normalized spacial score (nSPS) is 23.3. The minimum absolute atomic E-state index is 0.0304. The molecule has 14 heavy (non-hydrogen) atoms. The third kappa shape index (κ3) is 2.75. The lowest BCUT2D eigenvalue weighted by atomic mass is 10.1. The Morgan fingerprint density at radius 2 is 2.29 bits per heavy atom. The maximum atomic E-state index is 11.3. The van der Waals surface area contributed by atoms with Gasteiger partial charge in [-0.25, -0.2) is 0 Å². The van der Waals surface area contributed by atoms with Crippen molar-refractivity contribution in [1.82, 2.24) is 5.32 Å². The number of thiol groups is 1. The van der Waals surface area contributed by atoms with E-state index in [-0.39, 0.29) is 5.12 Å². The maximum Gasteiger partial charge on any atom is 0.231 e. The Kier molecular flexibility index (Phi) is 4.00. The largest absolute Gasteiger partial charge is 0.345 e. The highest BCUT2D eigenvalue weighted by Gasteiger charge is 2.29. The van der Waals surface area contributed by atoms with Gasteiger partial charge in [0.15, 0.2) is 5.12 Å². The van der Waals surface area contributed by atoms with Crippen LogP contribution in [0.25, 0.3) is 0 Å². The molecule has 1 heterocycles. The molecule has 1 saturated heterocycles. The van der Waals surface area contributed by atoms with Crippen molar-refractivity contribution in [2.75, 3.05) is 5.75 Å². The first-order valence-electron chi connectivity index (χ1n) is 4.22. The van der Waals surface area contributed by atoms with Crippen LogP contribution in [-0.4, -0.2) is 27.9 Å². The molecule has 1 aliphatic rings. The Labute approximate surface area is 91.6 Å². The van der Waals surface area contributed by atoms with Crippen LogP contribution in [0.5, 0.6) is 0 Å². The van der Waals surface area contributed by atoms with Crippen molar-refractivity contribution in [1.29, 1.82) is 0 Å². The van der Waals surface area contributed by atoms with Crippen molar-refractivity contribution in [3.63, 3.8) is 0 Å². The second-order valence-corrected chi connectivity index (χ2v) is 4.62. The van der Waals surface area contributed by atoms with E-state index >= 15 is 0 Å². The van der Waals surface area contributed by atoms with Crippen molar-refractivity contribution < 1.29 is 14.4 Å². The predicted octanol–water partition coefficient (Wildman–Crippen LogP) is 0.227. The summed E-state index contributed by atoms with van der Waals surface area (Å²) in [6, 6.07) is -0.428. The number of carbonyl (C=O) groups excluding carboxylic acids is 3. The van der Waals surface area contributed by atoms with Gasteiger partial charge in [0.1, 0.15) is 5.92 Å². The zero-order valence-electron chi connectivity index (χ0n) is 7.65. The van der Waals surface area contributed by atoms with Crippen LogP contribution in [0.2, 0.25) is 0 Å². The van der Waals surface area contributed by atoms with Crippen molar-refractivity contribution in [2.45, 2.75) is 19.4 Å². The summed E-state index contributed by atoms with van der Waals surface area (Å²) < 4.78 is 0. The fourth-order valence-corrected chi connectivity index (χ4v) is 2.09. The summed E-state index contributed by atoms with van der Waals surface area (Å²) in [6.07, 6.45) is 0.642. The molecule has 6 heteroatoms. The van der Waals surface area contributed by atoms with Crippen LogP contribution in [0.3, 0.4) is 0 Å². The van der Waals surface area contributed by atoms with Gasteiger partial charge in [-0.1, -0.05) is 11.8 Å². The average Bonchev–Trinajstić information content (AvgIpc) is 2.50. The van der Waals surface area contributed by atoms with E-state index in [0.717, 1.165) is 5.75 Å². The first-order chi connectivity index (χ1) is 6.52. The van der Waals surface area contributed by atoms with E-state index in [1.165, 1.54) is 18.7 Å². The van der Waals surface area contributed by atoms with Crippen LogP contribution >= 0.6 is 24.4 Å². The van der Waals surface area contributed by atoms with E-state index in [9.17, 15) is 14.4 Å². The summed E-state index contributed by atoms with van der Waals surface area (Å²) in [6.45, 7) is 1.47. The SMILES string of the molecule is CC(C(=O)S)C(=O)NC1CCSC1=O. The van der Waals surface area contributed by atoms with Crippen LogP contribution in [0, 0.1) is 5.92 Å². The lowest BCUT2D eigenvalue weighted by Gasteiger charge is -2.12. The predicted molar refractivity (Wildman–Crippen MR) is 57.2 cm³/mol. The van der Waals surface area contributed by atoms with E-state index < -0.39 is 23.0 Å². The Morgan fingerprint density at radius 3 is 2.71 bits per heavy atom. The minimum Gasteiger partial charge on any atom is -0.345 e. The third-order valence-electron chi connectivity index (χ3n) is 2.02. The molecule has 0 aromatic heterocycles. The second-order valence-electron chi connectivity index (χ2n) is 3.08. The van der Waals surface area contributed by atoms with Gasteiger partial charge in [-0.15, -0.1) is 12.6 Å². The number of hydrogen-bond donors (Lipinski definition) is 2. The average molecular weight is 233 g/mol. The molecule has 1 aliphatic heterocycles. The summed E-state index contributed by atoms with van der Waals surface area (Å²) in [5, 5.41) is 2.01. The van der Waals surface area contributed by atoms with E-state index in [2.05, 4.69) is 17.9 Å². The Balaban J connectivity index is 2.48. The molecule has 2 atom stereocenters. The molecule has 0 aliphatic carbocycles. The number of amides is 1. The highest BCUT2D eigenvalue weighted by atomic mass is 32.2. The molecule has 78 valence electrons. The summed E-state index contributed by atoms with van der Waals surface area (Å²) in [4.78, 5) is 33.2. The monoisotopic (exact) mass is 233 g/mol. The first kappa shape index (κ1) is 11.6. The molecule has 1 fully saturated rings. The molecule has 2 unspecified atom stereocenters. The van der Waals surface area contributed by atoms with Gasteiger partial charge in [0.05, 0.1) is 6.04 Å². The summed E-state index contributed by atoms with van der Waals surface area (Å²) in [5.41, 5.74) is 0. The molecule has 0 aromatic rings. The quantitative estimate of drug-likeness (QED) is 0.541. The van der Waals surface area contributed by atoms with Gasteiger partial charge in [0.2, 0.25) is 11.0 Å². The number of rotatable bonds is 3. The van der Waals surface area contributed by atoms with Gasteiger partial charge in [-0.05, 0) is 13.3 Å².